The second kappa shape index (κ2) is 4.42. The van der Waals surface area contributed by atoms with E-state index in [1.54, 1.807) is 30.0 Å². The molecule has 0 fully saturated rings. The molecule has 18 heavy (non-hydrogen) atoms. The molecule has 5 heteroatoms. The van der Waals surface area contributed by atoms with Crippen LogP contribution in [0.25, 0.3) is 5.69 Å². The van der Waals surface area contributed by atoms with Gasteiger partial charge in [0.2, 0.25) is 0 Å². The standard InChI is InChI=1S/C13H14FN3O/c1-18-8-11-9-6-7-15-13(9)17(16-11)12-5-3-2-4-10(12)14/h2-5,15H,6-8H2,1H3. The molecule has 1 aliphatic rings. The number of benzene rings is 1. The average Bonchev–Trinajstić information content (AvgIpc) is 2.94. The largest absolute Gasteiger partial charge is 0.378 e. The van der Waals surface area contributed by atoms with Crippen LogP contribution in [0.3, 0.4) is 0 Å². The summed E-state index contributed by atoms with van der Waals surface area (Å²) in [5.41, 5.74) is 2.46. The molecule has 1 N–H and O–H groups in total. The first kappa shape index (κ1) is 11.2. The molecule has 94 valence electrons. The van der Waals surface area contributed by atoms with Crippen LogP contribution in [0.1, 0.15) is 11.3 Å². The van der Waals surface area contributed by atoms with Gasteiger partial charge in [-0.3, -0.25) is 0 Å². The first-order valence-corrected chi connectivity index (χ1v) is 5.89. The molecule has 0 unspecified atom stereocenters. The number of nitrogens with zero attached hydrogens (tertiary/aromatic N) is 2. The number of aromatic nitrogens is 2. The predicted octanol–water partition coefficient (Wildman–Crippen LogP) is 2.13. The number of methoxy groups -OCH3 is 1. The fraction of sp³-hybridized carbons (Fsp3) is 0.308. The average molecular weight is 247 g/mol. The van der Waals surface area contributed by atoms with Crippen molar-refractivity contribution in [3.8, 4) is 5.69 Å². The third-order valence-electron chi connectivity index (χ3n) is 3.10. The summed E-state index contributed by atoms with van der Waals surface area (Å²) in [6.07, 6.45) is 0.905. The lowest BCUT2D eigenvalue weighted by Gasteiger charge is -2.07. The maximum Gasteiger partial charge on any atom is 0.148 e. The highest BCUT2D eigenvalue weighted by molar-refractivity contribution is 5.57. The van der Waals surface area contributed by atoms with Gasteiger partial charge in [-0.2, -0.15) is 5.10 Å². The number of nitrogens with one attached hydrogen (secondary N) is 1. The Morgan fingerprint density at radius 1 is 1.44 bits per heavy atom. The molecule has 2 heterocycles. The first-order chi connectivity index (χ1) is 8.81. The van der Waals surface area contributed by atoms with Crippen LogP contribution in [0.15, 0.2) is 24.3 Å². The molecule has 0 saturated heterocycles. The zero-order chi connectivity index (χ0) is 12.5. The number of halogens is 1. The second-order valence-electron chi connectivity index (χ2n) is 4.25. The zero-order valence-electron chi connectivity index (χ0n) is 10.1. The molecule has 1 aromatic carbocycles. The van der Waals surface area contributed by atoms with Gasteiger partial charge in [0.15, 0.2) is 0 Å². The summed E-state index contributed by atoms with van der Waals surface area (Å²) in [5, 5.41) is 7.69. The highest BCUT2D eigenvalue weighted by Gasteiger charge is 2.23. The van der Waals surface area contributed by atoms with Gasteiger partial charge in [0.25, 0.3) is 0 Å². The van der Waals surface area contributed by atoms with Crippen molar-refractivity contribution in [3.05, 3.63) is 41.3 Å². The molecule has 1 aromatic heterocycles. The molecule has 0 amide bonds. The Morgan fingerprint density at radius 3 is 3.06 bits per heavy atom. The minimum Gasteiger partial charge on any atom is -0.378 e. The molecular weight excluding hydrogens is 233 g/mol. The summed E-state index contributed by atoms with van der Waals surface area (Å²) in [6, 6.07) is 6.64. The molecule has 0 radical (unpaired) electrons. The van der Waals surface area contributed by atoms with E-state index in [0.717, 1.165) is 30.0 Å². The van der Waals surface area contributed by atoms with Crippen molar-refractivity contribution in [1.29, 1.82) is 0 Å². The highest BCUT2D eigenvalue weighted by atomic mass is 19.1. The quantitative estimate of drug-likeness (QED) is 0.903. The van der Waals surface area contributed by atoms with E-state index in [1.165, 1.54) is 6.07 Å². The molecule has 0 bridgehead atoms. The summed E-state index contributed by atoms with van der Waals surface area (Å²) in [6.45, 7) is 1.31. The van der Waals surface area contributed by atoms with Gasteiger partial charge in [-0.1, -0.05) is 12.1 Å². The molecule has 4 nitrogen and oxygen atoms in total. The summed E-state index contributed by atoms with van der Waals surface area (Å²) in [7, 11) is 1.64. The molecule has 0 spiro atoms. The Morgan fingerprint density at radius 2 is 2.28 bits per heavy atom. The van der Waals surface area contributed by atoms with Crippen LogP contribution in [0.4, 0.5) is 10.2 Å². The third kappa shape index (κ3) is 1.67. The first-order valence-electron chi connectivity index (χ1n) is 5.89. The van der Waals surface area contributed by atoms with E-state index in [0.29, 0.717) is 12.3 Å². The van der Waals surface area contributed by atoms with E-state index in [-0.39, 0.29) is 5.82 Å². The van der Waals surface area contributed by atoms with Crippen LogP contribution in [0.5, 0.6) is 0 Å². The van der Waals surface area contributed by atoms with Crippen molar-refractivity contribution in [2.24, 2.45) is 0 Å². The van der Waals surface area contributed by atoms with Gasteiger partial charge >= 0.3 is 0 Å². The number of hydrogen-bond donors (Lipinski definition) is 1. The number of ether oxygens (including phenoxy) is 1. The van der Waals surface area contributed by atoms with Crippen LogP contribution in [0.2, 0.25) is 0 Å². The fourth-order valence-corrected chi connectivity index (χ4v) is 2.30. The van der Waals surface area contributed by atoms with Gasteiger partial charge in [-0.05, 0) is 18.6 Å². The van der Waals surface area contributed by atoms with Crippen LogP contribution in [0, 0.1) is 5.82 Å². The number of anilines is 1. The van der Waals surface area contributed by atoms with Gasteiger partial charge in [-0.15, -0.1) is 0 Å². The van der Waals surface area contributed by atoms with Crippen molar-refractivity contribution in [2.45, 2.75) is 13.0 Å². The second-order valence-corrected chi connectivity index (χ2v) is 4.25. The summed E-state index contributed by atoms with van der Waals surface area (Å²) in [5.74, 6) is 0.604. The van der Waals surface area contributed by atoms with Crippen molar-refractivity contribution in [3.63, 3.8) is 0 Å². The van der Waals surface area contributed by atoms with Crippen LogP contribution < -0.4 is 5.32 Å². The Bertz CT molecular complexity index is 580. The summed E-state index contributed by atoms with van der Waals surface area (Å²) >= 11 is 0. The van der Waals surface area contributed by atoms with E-state index in [9.17, 15) is 4.39 Å². The smallest absolute Gasteiger partial charge is 0.148 e. The molecular formula is C13H14FN3O. The van der Waals surface area contributed by atoms with Gasteiger partial charge in [0, 0.05) is 19.2 Å². The SMILES string of the molecule is COCc1nn(-c2ccccc2F)c2c1CCN2. The number of rotatable bonds is 3. The van der Waals surface area contributed by atoms with Crippen molar-refractivity contribution >= 4 is 5.82 Å². The van der Waals surface area contributed by atoms with E-state index >= 15 is 0 Å². The lowest BCUT2D eigenvalue weighted by molar-refractivity contribution is 0.180. The van der Waals surface area contributed by atoms with Crippen LogP contribution in [-0.2, 0) is 17.8 Å². The molecule has 0 aliphatic carbocycles. The van der Waals surface area contributed by atoms with Gasteiger partial charge < -0.3 is 10.1 Å². The monoisotopic (exact) mass is 247 g/mol. The molecule has 2 aromatic rings. The lowest BCUT2D eigenvalue weighted by atomic mass is 10.2. The fourth-order valence-electron chi connectivity index (χ4n) is 2.30. The van der Waals surface area contributed by atoms with E-state index in [1.807, 2.05) is 0 Å². The Kier molecular flexibility index (Phi) is 2.76. The third-order valence-corrected chi connectivity index (χ3v) is 3.10. The van der Waals surface area contributed by atoms with E-state index in [2.05, 4.69) is 10.4 Å². The van der Waals surface area contributed by atoms with Crippen molar-refractivity contribution < 1.29 is 9.13 Å². The Hall–Kier alpha value is -1.88. The van der Waals surface area contributed by atoms with Crippen molar-refractivity contribution in [1.82, 2.24) is 9.78 Å². The maximum absolute atomic E-state index is 13.8. The Balaban J connectivity index is 2.13. The van der Waals surface area contributed by atoms with Crippen LogP contribution in [-0.4, -0.2) is 23.4 Å². The predicted molar refractivity (Wildman–Crippen MR) is 66.4 cm³/mol. The minimum atomic E-state index is -0.277. The minimum absolute atomic E-state index is 0.277. The lowest BCUT2D eigenvalue weighted by Crippen LogP contribution is -2.06. The van der Waals surface area contributed by atoms with E-state index < -0.39 is 0 Å². The van der Waals surface area contributed by atoms with Gasteiger partial charge in [0.1, 0.15) is 17.3 Å². The summed E-state index contributed by atoms with van der Waals surface area (Å²) in [4.78, 5) is 0. The molecule has 0 saturated carbocycles. The normalized spacial score (nSPS) is 13.4. The van der Waals surface area contributed by atoms with Gasteiger partial charge in [-0.25, -0.2) is 9.07 Å². The molecule has 1 aliphatic heterocycles. The topological polar surface area (TPSA) is 39.1 Å². The number of para-hydroxylation sites is 1. The van der Waals surface area contributed by atoms with Crippen LogP contribution >= 0.6 is 0 Å². The van der Waals surface area contributed by atoms with Crippen molar-refractivity contribution in [2.75, 3.05) is 19.0 Å². The van der Waals surface area contributed by atoms with Gasteiger partial charge in [0.05, 0.1) is 12.3 Å². The zero-order valence-corrected chi connectivity index (χ0v) is 10.1. The summed E-state index contributed by atoms with van der Waals surface area (Å²) < 4.78 is 20.6. The number of hydrogen-bond acceptors (Lipinski definition) is 3. The van der Waals surface area contributed by atoms with E-state index in [4.69, 9.17) is 4.74 Å². The molecule has 0 atom stereocenters. The molecule has 3 rings (SSSR count). The highest BCUT2D eigenvalue weighted by Crippen LogP contribution is 2.29. The number of fused-ring (bicyclic) bond motifs is 1. The Labute approximate surface area is 104 Å². The maximum atomic E-state index is 13.8.